The van der Waals surface area contributed by atoms with Gasteiger partial charge in [0.1, 0.15) is 17.8 Å². The van der Waals surface area contributed by atoms with E-state index in [9.17, 15) is 24.3 Å². The van der Waals surface area contributed by atoms with E-state index >= 15 is 0 Å². The molecule has 1 aliphatic rings. The van der Waals surface area contributed by atoms with Crippen molar-refractivity contribution in [1.82, 2.24) is 20.5 Å². The lowest BCUT2D eigenvalue weighted by Gasteiger charge is -2.31. The lowest BCUT2D eigenvalue weighted by molar-refractivity contribution is -0.149. The number of aromatic amines is 1. The second-order valence-corrected chi connectivity index (χ2v) is 13.6. The summed E-state index contributed by atoms with van der Waals surface area (Å²) in [5.41, 5.74) is 3.29. The molecule has 2 aromatic carbocycles. The molecule has 2 heterocycles. The number of likely N-dealkylation sites (N-methyl/N-ethyl adjacent to an activating group) is 1. The summed E-state index contributed by atoms with van der Waals surface area (Å²) in [6.45, 7) is 9.27. The first-order chi connectivity index (χ1) is 22.2. The number of halogens is 1. The van der Waals surface area contributed by atoms with Crippen molar-refractivity contribution in [2.75, 3.05) is 7.05 Å². The van der Waals surface area contributed by atoms with Gasteiger partial charge in [0.15, 0.2) is 0 Å². The summed E-state index contributed by atoms with van der Waals surface area (Å²) in [5, 5.41) is 16.7. The lowest BCUT2D eigenvalue weighted by Crippen LogP contribution is -2.55. The molecule has 3 aromatic rings. The van der Waals surface area contributed by atoms with Gasteiger partial charge in [-0.1, -0.05) is 55.8 Å². The number of aromatic hydroxyl groups is 1. The minimum absolute atomic E-state index is 0.0439. The molecule has 1 aromatic heterocycles. The fourth-order valence-corrected chi connectivity index (χ4v) is 6.87. The number of esters is 1. The number of cyclic esters (lactones) is 1. The number of benzene rings is 2. The molecule has 10 nitrogen and oxygen atoms in total. The van der Waals surface area contributed by atoms with Crippen molar-refractivity contribution < 1.29 is 29.0 Å². The fourth-order valence-electron chi connectivity index (χ4n) is 6.28. The Labute approximate surface area is 284 Å². The molecule has 0 saturated carbocycles. The van der Waals surface area contributed by atoms with Gasteiger partial charge in [0.05, 0.1) is 23.2 Å². The van der Waals surface area contributed by atoms with Gasteiger partial charge in [0.2, 0.25) is 17.7 Å². The van der Waals surface area contributed by atoms with Crippen molar-refractivity contribution >= 4 is 50.5 Å². The van der Waals surface area contributed by atoms with Crippen LogP contribution in [0.5, 0.6) is 5.75 Å². The Hall–Kier alpha value is -4.12. The van der Waals surface area contributed by atoms with Gasteiger partial charge in [-0.3, -0.25) is 19.2 Å². The Morgan fingerprint density at radius 3 is 2.32 bits per heavy atom. The Bertz CT molecular complexity index is 1630. The first kappa shape index (κ1) is 35.7. The van der Waals surface area contributed by atoms with Crippen molar-refractivity contribution in [3.63, 3.8) is 0 Å². The zero-order valence-electron chi connectivity index (χ0n) is 27.8. The van der Waals surface area contributed by atoms with Crippen molar-refractivity contribution in [3.05, 3.63) is 75.9 Å². The van der Waals surface area contributed by atoms with Crippen LogP contribution in [0.4, 0.5) is 0 Å². The third-order valence-corrected chi connectivity index (χ3v) is 9.35. The molecular weight excluding hydrogens is 664 g/mol. The third kappa shape index (κ3) is 9.24. The van der Waals surface area contributed by atoms with Crippen LogP contribution in [0.2, 0.25) is 0 Å². The lowest BCUT2D eigenvalue weighted by atomic mass is 9.95. The predicted molar refractivity (Wildman–Crippen MR) is 184 cm³/mol. The number of carbonyl (C=O) groups is 4. The minimum atomic E-state index is -1.02. The van der Waals surface area contributed by atoms with Crippen LogP contribution in [0.3, 0.4) is 0 Å². The first-order valence-electron chi connectivity index (χ1n) is 16.0. The number of ether oxygens (including phenoxy) is 1. The van der Waals surface area contributed by atoms with Crippen molar-refractivity contribution in [2.45, 2.75) is 84.5 Å². The monoisotopic (exact) mass is 708 g/mol. The van der Waals surface area contributed by atoms with E-state index in [1.165, 1.54) is 17.0 Å². The molecule has 4 rings (SSSR count). The Morgan fingerprint density at radius 1 is 0.936 bits per heavy atom. The number of nitrogens with zero attached hydrogens (tertiary/aromatic N) is 1. The Balaban J connectivity index is 1.74. The van der Waals surface area contributed by atoms with Crippen molar-refractivity contribution in [1.29, 1.82) is 0 Å². The first-order valence-corrected chi connectivity index (χ1v) is 16.8. The molecule has 0 aliphatic carbocycles. The van der Waals surface area contributed by atoms with Gasteiger partial charge in [-0.25, -0.2) is 0 Å². The van der Waals surface area contributed by atoms with Crippen molar-refractivity contribution in [3.8, 4) is 5.75 Å². The van der Waals surface area contributed by atoms with E-state index < -0.39 is 42.0 Å². The van der Waals surface area contributed by atoms with E-state index in [4.69, 9.17) is 4.74 Å². The topological polar surface area (TPSA) is 141 Å². The number of para-hydroxylation sites is 1. The van der Waals surface area contributed by atoms with Crippen LogP contribution in [0.1, 0.15) is 71.0 Å². The van der Waals surface area contributed by atoms with E-state index in [1.54, 1.807) is 26.1 Å². The molecule has 6 atom stereocenters. The van der Waals surface area contributed by atoms with Crippen molar-refractivity contribution in [2.24, 2.45) is 11.8 Å². The van der Waals surface area contributed by atoms with Gasteiger partial charge >= 0.3 is 5.97 Å². The Kier molecular flexibility index (Phi) is 11.9. The molecule has 0 fully saturated rings. The normalized spacial score (nSPS) is 26.0. The zero-order chi connectivity index (χ0) is 34.4. The molecule has 0 bridgehead atoms. The molecule has 252 valence electrons. The molecule has 11 heteroatoms. The van der Waals surface area contributed by atoms with Gasteiger partial charge in [-0.2, -0.15) is 0 Å². The SMILES string of the molecule is CC1=C[C@H](C)C[C@H](C)OC(=O)C[C@H](c2ccc(O)cc2)NC(=O)C(Cc2c(Br)[nH]c3ccccc23)N(C)C(=O)[C@H](C)NC(=O)[C@@H](C)C1. The zero-order valence-corrected chi connectivity index (χ0v) is 29.4. The number of aromatic nitrogens is 1. The number of hydrogen-bond acceptors (Lipinski definition) is 6. The number of amides is 3. The average molecular weight is 710 g/mol. The smallest absolute Gasteiger partial charge is 0.308 e. The number of phenolic OH excluding ortho intramolecular Hbond substituents is 1. The molecule has 47 heavy (non-hydrogen) atoms. The highest BCUT2D eigenvalue weighted by atomic mass is 79.9. The quantitative estimate of drug-likeness (QED) is 0.203. The summed E-state index contributed by atoms with van der Waals surface area (Å²) >= 11 is 3.60. The highest BCUT2D eigenvalue weighted by molar-refractivity contribution is 9.10. The van der Waals surface area contributed by atoms with Crippen LogP contribution in [0, 0.1) is 11.8 Å². The van der Waals surface area contributed by atoms with E-state index in [0.29, 0.717) is 23.0 Å². The molecule has 1 unspecified atom stereocenters. The second kappa shape index (κ2) is 15.6. The molecular formula is C36H45BrN4O6. The van der Waals surface area contributed by atoms with Gasteiger partial charge in [0.25, 0.3) is 0 Å². The molecule has 0 spiro atoms. The number of fused-ring (bicyclic) bond motifs is 1. The largest absolute Gasteiger partial charge is 0.508 e. The van der Waals surface area contributed by atoms with Crippen LogP contribution in [0.25, 0.3) is 10.9 Å². The Morgan fingerprint density at radius 2 is 1.62 bits per heavy atom. The highest BCUT2D eigenvalue weighted by Crippen LogP contribution is 2.29. The maximum Gasteiger partial charge on any atom is 0.308 e. The summed E-state index contributed by atoms with van der Waals surface area (Å²) in [6, 6.07) is 11.2. The van der Waals surface area contributed by atoms with Crippen LogP contribution >= 0.6 is 15.9 Å². The summed E-state index contributed by atoms with van der Waals surface area (Å²) in [6.07, 6.45) is 2.76. The summed E-state index contributed by atoms with van der Waals surface area (Å²) in [5.74, 6) is -1.93. The summed E-state index contributed by atoms with van der Waals surface area (Å²) in [4.78, 5) is 59.2. The average Bonchev–Trinajstić information content (AvgIpc) is 3.32. The number of phenols is 1. The summed E-state index contributed by atoms with van der Waals surface area (Å²) < 4.78 is 6.47. The molecule has 0 saturated heterocycles. The van der Waals surface area contributed by atoms with Crippen LogP contribution in [0.15, 0.2) is 64.8 Å². The molecule has 0 radical (unpaired) electrons. The fraction of sp³-hybridized carbons (Fsp3) is 0.444. The van der Waals surface area contributed by atoms with Crippen LogP contribution < -0.4 is 10.6 Å². The van der Waals surface area contributed by atoms with Crippen LogP contribution in [-0.2, 0) is 30.3 Å². The predicted octanol–water partition coefficient (Wildman–Crippen LogP) is 5.70. The van der Waals surface area contributed by atoms with Gasteiger partial charge in [-0.15, -0.1) is 0 Å². The van der Waals surface area contributed by atoms with Gasteiger partial charge in [-0.05, 0) is 84.8 Å². The number of rotatable bonds is 3. The highest BCUT2D eigenvalue weighted by Gasteiger charge is 2.34. The summed E-state index contributed by atoms with van der Waals surface area (Å²) in [7, 11) is 1.55. The molecule has 1 aliphatic heterocycles. The standard InChI is InChI=1S/C36H45BrN4O6/c1-20-15-21(2)17-23(4)47-32(43)19-30(25-11-13-26(42)14-12-25)40-35(45)31(18-28-27-9-7-8-10-29(27)39-33(28)37)41(6)36(46)24(5)38-34(44)22(3)16-20/h7-15,21-24,30-31,39,42H,16-19H2,1-6H3,(H,38,44)(H,40,45)/t21-,22-,23-,24-,30+,31?/m0/s1. The number of hydrogen-bond donors (Lipinski definition) is 4. The number of nitrogens with one attached hydrogen (secondary N) is 3. The van der Waals surface area contributed by atoms with Gasteiger partial charge < -0.3 is 30.4 Å². The third-order valence-electron chi connectivity index (χ3n) is 8.67. The number of carbonyl (C=O) groups excluding carboxylic acids is 4. The number of allylic oxidation sites excluding steroid dienone is 2. The van der Waals surface area contributed by atoms with Gasteiger partial charge in [0, 0.05) is 30.3 Å². The maximum atomic E-state index is 14.3. The van der Waals surface area contributed by atoms with Crippen LogP contribution in [-0.4, -0.2) is 63.9 Å². The van der Waals surface area contributed by atoms with E-state index in [2.05, 4.69) is 37.6 Å². The molecule has 3 amide bonds. The number of H-pyrrole nitrogens is 1. The maximum absolute atomic E-state index is 14.3. The minimum Gasteiger partial charge on any atom is -0.508 e. The van der Waals surface area contributed by atoms with E-state index in [1.807, 2.05) is 52.0 Å². The van der Waals surface area contributed by atoms with E-state index in [-0.39, 0.29) is 36.3 Å². The molecule has 4 N–H and O–H groups in total. The second-order valence-electron chi connectivity index (χ2n) is 12.9. The van der Waals surface area contributed by atoms with E-state index in [0.717, 1.165) is 22.0 Å².